The van der Waals surface area contributed by atoms with E-state index in [1.165, 1.54) is 0 Å². The van der Waals surface area contributed by atoms with E-state index >= 15 is 0 Å². The first kappa shape index (κ1) is 15.8. The van der Waals surface area contributed by atoms with Crippen molar-refractivity contribution in [2.75, 3.05) is 39.5 Å². The number of morpholine rings is 1. The highest BCUT2D eigenvalue weighted by atomic mass is 35.5. The average Bonchev–Trinajstić information content (AvgIpc) is 2.40. The van der Waals surface area contributed by atoms with Crippen molar-refractivity contribution in [1.82, 2.24) is 4.90 Å². The third-order valence-corrected chi connectivity index (χ3v) is 2.92. The lowest BCUT2D eigenvalue weighted by molar-refractivity contribution is 0.0322. The van der Waals surface area contributed by atoms with Crippen LogP contribution in [-0.4, -0.2) is 50.2 Å². The van der Waals surface area contributed by atoms with Crippen LogP contribution in [0.5, 0.6) is 5.75 Å². The number of nitrogens with zero attached hydrogens (tertiary/aromatic N) is 1. The lowest BCUT2D eigenvalue weighted by Crippen LogP contribution is -2.38. The van der Waals surface area contributed by atoms with Crippen molar-refractivity contribution < 1.29 is 9.47 Å². The summed E-state index contributed by atoms with van der Waals surface area (Å²) in [6, 6.07) is 7.32. The Balaban J connectivity index is 0.00000180. The standard InChI is InChI=1S/C13H19N3O2.ClH/c14-13(15)11-2-1-3-12(10-11)18-9-6-16-4-7-17-8-5-16;/h1-3,10H,4-9H2,(H3,14,15);1H. The summed E-state index contributed by atoms with van der Waals surface area (Å²) in [4.78, 5) is 2.32. The first-order chi connectivity index (χ1) is 8.75. The molecule has 2 rings (SSSR count). The second-order valence-corrected chi connectivity index (χ2v) is 4.24. The van der Waals surface area contributed by atoms with Gasteiger partial charge in [-0.3, -0.25) is 10.3 Å². The first-order valence-corrected chi connectivity index (χ1v) is 6.13. The molecule has 0 amide bonds. The summed E-state index contributed by atoms with van der Waals surface area (Å²) < 4.78 is 11.0. The summed E-state index contributed by atoms with van der Waals surface area (Å²) in [5.41, 5.74) is 6.13. The molecule has 0 unspecified atom stereocenters. The van der Waals surface area contributed by atoms with E-state index in [2.05, 4.69) is 4.90 Å². The van der Waals surface area contributed by atoms with E-state index in [4.69, 9.17) is 20.6 Å². The van der Waals surface area contributed by atoms with Gasteiger partial charge in [0.1, 0.15) is 18.2 Å². The number of benzene rings is 1. The highest BCUT2D eigenvalue weighted by molar-refractivity contribution is 5.95. The van der Waals surface area contributed by atoms with Crippen molar-refractivity contribution >= 4 is 18.2 Å². The van der Waals surface area contributed by atoms with Crippen molar-refractivity contribution in [2.24, 2.45) is 5.73 Å². The van der Waals surface area contributed by atoms with Crippen LogP contribution in [0.4, 0.5) is 0 Å². The van der Waals surface area contributed by atoms with Gasteiger partial charge in [0.25, 0.3) is 0 Å². The Morgan fingerprint density at radius 1 is 1.37 bits per heavy atom. The molecule has 5 nitrogen and oxygen atoms in total. The molecule has 0 atom stereocenters. The smallest absolute Gasteiger partial charge is 0.122 e. The van der Waals surface area contributed by atoms with E-state index in [9.17, 15) is 0 Å². The van der Waals surface area contributed by atoms with Crippen LogP contribution in [-0.2, 0) is 4.74 Å². The third-order valence-electron chi connectivity index (χ3n) is 2.92. The van der Waals surface area contributed by atoms with Crippen molar-refractivity contribution in [3.63, 3.8) is 0 Å². The Kier molecular flexibility index (Phi) is 6.62. The minimum atomic E-state index is 0. The van der Waals surface area contributed by atoms with Crippen LogP contribution >= 0.6 is 12.4 Å². The zero-order valence-electron chi connectivity index (χ0n) is 10.8. The van der Waals surface area contributed by atoms with Crippen LogP contribution < -0.4 is 10.5 Å². The van der Waals surface area contributed by atoms with Crippen LogP contribution in [0.2, 0.25) is 0 Å². The number of halogens is 1. The molecule has 0 bridgehead atoms. The molecule has 0 aliphatic carbocycles. The van der Waals surface area contributed by atoms with Gasteiger partial charge in [-0.2, -0.15) is 0 Å². The van der Waals surface area contributed by atoms with Gasteiger partial charge in [0, 0.05) is 25.2 Å². The predicted molar refractivity (Wildman–Crippen MR) is 77.5 cm³/mol. The molecule has 1 fully saturated rings. The number of nitrogens with two attached hydrogens (primary N) is 1. The third kappa shape index (κ3) is 5.06. The molecule has 1 aromatic carbocycles. The summed E-state index contributed by atoms with van der Waals surface area (Å²) in [6.45, 7) is 5.09. The summed E-state index contributed by atoms with van der Waals surface area (Å²) in [5, 5.41) is 7.37. The highest BCUT2D eigenvalue weighted by Gasteiger charge is 2.09. The van der Waals surface area contributed by atoms with Crippen molar-refractivity contribution in [3.05, 3.63) is 29.8 Å². The highest BCUT2D eigenvalue weighted by Crippen LogP contribution is 2.12. The number of hydrogen-bond donors (Lipinski definition) is 2. The molecule has 0 radical (unpaired) electrons. The number of ether oxygens (including phenoxy) is 2. The van der Waals surface area contributed by atoms with Gasteiger partial charge >= 0.3 is 0 Å². The Labute approximate surface area is 119 Å². The van der Waals surface area contributed by atoms with Crippen molar-refractivity contribution in [3.8, 4) is 5.75 Å². The molecule has 1 saturated heterocycles. The molecule has 1 aromatic rings. The largest absolute Gasteiger partial charge is 0.492 e. The van der Waals surface area contributed by atoms with E-state index in [0.29, 0.717) is 12.2 Å². The van der Waals surface area contributed by atoms with Crippen LogP contribution in [0, 0.1) is 5.41 Å². The fraction of sp³-hybridized carbons (Fsp3) is 0.462. The number of nitrogens with one attached hydrogen (secondary N) is 1. The van der Waals surface area contributed by atoms with Gasteiger partial charge in [0.2, 0.25) is 0 Å². The molecule has 19 heavy (non-hydrogen) atoms. The maximum atomic E-state index is 7.37. The summed E-state index contributed by atoms with van der Waals surface area (Å²) in [5.74, 6) is 0.824. The molecule has 1 aliphatic heterocycles. The van der Waals surface area contributed by atoms with Gasteiger partial charge < -0.3 is 15.2 Å². The topological polar surface area (TPSA) is 71.6 Å². The minimum absolute atomic E-state index is 0. The van der Waals surface area contributed by atoms with Crippen LogP contribution in [0.25, 0.3) is 0 Å². The molecule has 6 heteroatoms. The predicted octanol–water partition coefficient (Wildman–Crippen LogP) is 1.10. The molecule has 1 aliphatic rings. The van der Waals surface area contributed by atoms with Crippen LogP contribution in [0.15, 0.2) is 24.3 Å². The zero-order valence-corrected chi connectivity index (χ0v) is 11.6. The van der Waals surface area contributed by atoms with Gasteiger partial charge in [-0.1, -0.05) is 12.1 Å². The van der Waals surface area contributed by atoms with Gasteiger partial charge in [-0.25, -0.2) is 0 Å². The monoisotopic (exact) mass is 285 g/mol. The van der Waals surface area contributed by atoms with E-state index in [1.807, 2.05) is 12.1 Å². The normalized spacial score (nSPS) is 15.6. The SMILES string of the molecule is Cl.N=C(N)c1cccc(OCCN2CCOCC2)c1. The van der Waals surface area contributed by atoms with E-state index in [-0.39, 0.29) is 18.2 Å². The maximum Gasteiger partial charge on any atom is 0.122 e. The van der Waals surface area contributed by atoms with Crippen molar-refractivity contribution in [2.45, 2.75) is 0 Å². The van der Waals surface area contributed by atoms with Crippen LogP contribution in [0.3, 0.4) is 0 Å². The lowest BCUT2D eigenvalue weighted by Gasteiger charge is -2.26. The Hall–Kier alpha value is -1.30. The summed E-state index contributed by atoms with van der Waals surface area (Å²) >= 11 is 0. The molecule has 0 saturated carbocycles. The fourth-order valence-corrected chi connectivity index (χ4v) is 1.87. The van der Waals surface area contributed by atoms with Gasteiger partial charge in [0.15, 0.2) is 0 Å². The molecule has 106 valence electrons. The maximum absolute atomic E-state index is 7.37. The second kappa shape index (κ2) is 7.99. The molecular weight excluding hydrogens is 266 g/mol. The number of hydrogen-bond acceptors (Lipinski definition) is 4. The molecule has 3 N–H and O–H groups in total. The minimum Gasteiger partial charge on any atom is -0.492 e. The molecular formula is C13H20ClN3O2. The Bertz CT molecular complexity index is 409. The quantitative estimate of drug-likeness (QED) is 0.628. The van der Waals surface area contributed by atoms with E-state index < -0.39 is 0 Å². The molecule has 0 aromatic heterocycles. The number of amidine groups is 1. The lowest BCUT2D eigenvalue weighted by atomic mass is 10.2. The zero-order chi connectivity index (χ0) is 12.8. The molecule has 0 spiro atoms. The van der Waals surface area contributed by atoms with E-state index in [1.54, 1.807) is 12.1 Å². The van der Waals surface area contributed by atoms with Gasteiger partial charge in [-0.05, 0) is 12.1 Å². The van der Waals surface area contributed by atoms with Gasteiger partial charge in [-0.15, -0.1) is 12.4 Å². The Morgan fingerprint density at radius 2 is 2.11 bits per heavy atom. The Morgan fingerprint density at radius 3 is 2.79 bits per heavy atom. The summed E-state index contributed by atoms with van der Waals surface area (Å²) in [6.07, 6.45) is 0. The second-order valence-electron chi connectivity index (χ2n) is 4.24. The number of rotatable bonds is 5. The summed E-state index contributed by atoms with van der Waals surface area (Å²) in [7, 11) is 0. The fourth-order valence-electron chi connectivity index (χ4n) is 1.87. The van der Waals surface area contributed by atoms with E-state index in [0.717, 1.165) is 38.6 Å². The van der Waals surface area contributed by atoms with Crippen molar-refractivity contribution in [1.29, 1.82) is 5.41 Å². The number of nitrogen functional groups attached to an aromatic ring is 1. The molecule has 1 heterocycles. The average molecular weight is 286 g/mol. The van der Waals surface area contributed by atoms with Gasteiger partial charge in [0.05, 0.1) is 13.2 Å². The first-order valence-electron chi connectivity index (χ1n) is 6.13. The van der Waals surface area contributed by atoms with Crippen LogP contribution in [0.1, 0.15) is 5.56 Å².